The fraction of sp³-hybridized carbons (Fsp3) is 0.231. The lowest BCUT2D eigenvalue weighted by Crippen LogP contribution is -2.35. The summed E-state index contributed by atoms with van der Waals surface area (Å²) in [4.78, 5) is 27.0. The number of ether oxygens (including phenoxy) is 2. The van der Waals surface area contributed by atoms with Crippen LogP contribution in [0.25, 0.3) is 0 Å². The number of benzene rings is 3. The highest BCUT2D eigenvalue weighted by Crippen LogP contribution is 2.17. The average molecular weight is 448 g/mol. The lowest BCUT2D eigenvalue weighted by Gasteiger charge is -2.26. The van der Waals surface area contributed by atoms with Crippen LogP contribution in [0.3, 0.4) is 0 Å². The van der Waals surface area contributed by atoms with E-state index in [1.807, 2.05) is 24.3 Å². The maximum absolute atomic E-state index is 13.0. The van der Waals surface area contributed by atoms with E-state index in [1.54, 1.807) is 24.3 Å². The summed E-state index contributed by atoms with van der Waals surface area (Å²) >= 11 is 0. The van der Waals surface area contributed by atoms with Gasteiger partial charge in [0.05, 0.1) is 13.2 Å². The van der Waals surface area contributed by atoms with Gasteiger partial charge in [-0.3, -0.25) is 14.5 Å². The Balaban J connectivity index is 1.24. The van der Waals surface area contributed by atoms with Gasteiger partial charge in [0.25, 0.3) is 5.91 Å². The van der Waals surface area contributed by atoms with Crippen molar-refractivity contribution in [2.45, 2.75) is 6.54 Å². The molecule has 1 amide bonds. The van der Waals surface area contributed by atoms with Crippen molar-refractivity contribution in [3.05, 3.63) is 95.3 Å². The summed E-state index contributed by atoms with van der Waals surface area (Å²) in [5.74, 6) is -0.405. The Hall–Kier alpha value is -3.55. The summed E-state index contributed by atoms with van der Waals surface area (Å²) in [6, 6.07) is 19.6. The first-order chi connectivity index (χ1) is 16.1. The number of hydrogen-bond donors (Lipinski definition) is 1. The molecular formula is C26H25FN2O4. The van der Waals surface area contributed by atoms with Crippen molar-refractivity contribution < 1.29 is 23.5 Å². The van der Waals surface area contributed by atoms with Crippen LogP contribution in [0.4, 0.5) is 10.1 Å². The average Bonchev–Trinajstić information content (AvgIpc) is 2.85. The predicted octanol–water partition coefficient (Wildman–Crippen LogP) is 3.91. The van der Waals surface area contributed by atoms with Crippen LogP contribution in [0.1, 0.15) is 21.5 Å². The van der Waals surface area contributed by atoms with Crippen LogP contribution in [0.15, 0.2) is 72.8 Å². The monoisotopic (exact) mass is 448 g/mol. The Morgan fingerprint density at radius 3 is 2.12 bits per heavy atom. The standard InChI is InChI=1S/C26H25FN2O4/c27-22-7-3-20(4-8-22)26(31)21-5-11-24(12-6-21)33-18-25(30)28-23-9-1-19(2-10-23)17-29-13-15-32-16-14-29/h1-12H,13-18H2,(H,28,30). The van der Waals surface area contributed by atoms with Crippen LogP contribution in [-0.2, 0) is 16.1 Å². The van der Waals surface area contributed by atoms with Gasteiger partial charge in [-0.15, -0.1) is 0 Å². The van der Waals surface area contributed by atoms with Crippen molar-refractivity contribution in [2.24, 2.45) is 0 Å². The van der Waals surface area contributed by atoms with Crippen LogP contribution in [0.2, 0.25) is 0 Å². The number of anilines is 1. The number of ketones is 1. The highest BCUT2D eigenvalue weighted by Gasteiger charge is 2.12. The van der Waals surface area contributed by atoms with Gasteiger partial charge >= 0.3 is 0 Å². The molecular weight excluding hydrogens is 423 g/mol. The van der Waals surface area contributed by atoms with E-state index in [9.17, 15) is 14.0 Å². The predicted molar refractivity (Wildman–Crippen MR) is 123 cm³/mol. The molecule has 3 aromatic rings. The van der Waals surface area contributed by atoms with Gasteiger partial charge in [-0.05, 0) is 66.2 Å². The molecule has 33 heavy (non-hydrogen) atoms. The Morgan fingerprint density at radius 2 is 1.48 bits per heavy atom. The van der Waals surface area contributed by atoms with E-state index in [1.165, 1.54) is 29.8 Å². The van der Waals surface area contributed by atoms with Crippen LogP contribution >= 0.6 is 0 Å². The Bertz CT molecular complexity index is 1080. The van der Waals surface area contributed by atoms with Gasteiger partial charge in [-0.25, -0.2) is 4.39 Å². The first kappa shape index (κ1) is 22.6. The number of carbonyl (C=O) groups excluding carboxylic acids is 2. The molecule has 0 unspecified atom stereocenters. The van der Waals surface area contributed by atoms with E-state index in [4.69, 9.17) is 9.47 Å². The lowest BCUT2D eigenvalue weighted by atomic mass is 10.0. The molecule has 4 rings (SSSR count). The molecule has 3 aromatic carbocycles. The number of nitrogens with zero attached hydrogens (tertiary/aromatic N) is 1. The van der Waals surface area contributed by atoms with Gasteiger partial charge in [0.2, 0.25) is 0 Å². The van der Waals surface area contributed by atoms with Crippen molar-refractivity contribution in [3.63, 3.8) is 0 Å². The molecule has 1 saturated heterocycles. The molecule has 1 heterocycles. The van der Waals surface area contributed by atoms with E-state index in [2.05, 4.69) is 10.2 Å². The largest absolute Gasteiger partial charge is 0.484 e. The van der Waals surface area contributed by atoms with Crippen molar-refractivity contribution in [1.29, 1.82) is 0 Å². The van der Waals surface area contributed by atoms with Crippen molar-refractivity contribution in [3.8, 4) is 5.75 Å². The molecule has 0 aromatic heterocycles. The maximum Gasteiger partial charge on any atom is 0.262 e. The molecule has 1 aliphatic heterocycles. The number of morpholine rings is 1. The zero-order valence-corrected chi connectivity index (χ0v) is 18.1. The highest BCUT2D eigenvalue weighted by molar-refractivity contribution is 6.09. The van der Waals surface area contributed by atoms with Crippen LogP contribution < -0.4 is 10.1 Å². The fourth-order valence-electron chi connectivity index (χ4n) is 3.53. The molecule has 1 aliphatic rings. The smallest absolute Gasteiger partial charge is 0.262 e. The summed E-state index contributed by atoms with van der Waals surface area (Å²) in [5, 5.41) is 2.82. The number of nitrogens with one attached hydrogen (secondary N) is 1. The Morgan fingerprint density at radius 1 is 0.879 bits per heavy atom. The minimum atomic E-state index is -0.391. The van der Waals surface area contributed by atoms with Crippen molar-refractivity contribution in [2.75, 3.05) is 38.2 Å². The van der Waals surface area contributed by atoms with Gasteiger partial charge in [-0.1, -0.05) is 12.1 Å². The zero-order valence-electron chi connectivity index (χ0n) is 18.1. The van der Waals surface area contributed by atoms with Gasteiger partial charge in [-0.2, -0.15) is 0 Å². The summed E-state index contributed by atoms with van der Waals surface area (Å²) in [6.45, 7) is 4.10. The van der Waals surface area contributed by atoms with Crippen LogP contribution in [-0.4, -0.2) is 49.5 Å². The molecule has 0 atom stereocenters. The normalized spacial score (nSPS) is 14.0. The number of halogens is 1. The van der Waals surface area contributed by atoms with E-state index >= 15 is 0 Å². The number of amides is 1. The molecule has 0 spiro atoms. The molecule has 0 radical (unpaired) electrons. The summed E-state index contributed by atoms with van der Waals surface area (Å²) < 4.78 is 23.9. The number of hydrogen-bond acceptors (Lipinski definition) is 5. The zero-order chi connectivity index (χ0) is 23.0. The second kappa shape index (κ2) is 10.8. The Labute approximate surface area is 191 Å². The third-order valence-corrected chi connectivity index (χ3v) is 5.34. The molecule has 0 saturated carbocycles. The summed E-state index contributed by atoms with van der Waals surface area (Å²) in [7, 11) is 0. The van der Waals surface area contributed by atoms with Gasteiger partial charge in [0.15, 0.2) is 12.4 Å². The third kappa shape index (κ3) is 6.47. The topological polar surface area (TPSA) is 67.9 Å². The molecule has 0 bridgehead atoms. The molecule has 170 valence electrons. The molecule has 0 aliphatic carbocycles. The molecule has 1 N–H and O–H groups in total. The van der Waals surface area contributed by atoms with Crippen LogP contribution in [0.5, 0.6) is 5.75 Å². The lowest BCUT2D eigenvalue weighted by molar-refractivity contribution is -0.118. The third-order valence-electron chi connectivity index (χ3n) is 5.34. The molecule has 6 nitrogen and oxygen atoms in total. The van der Waals surface area contributed by atoms with Crippen molar-refractivity contribution >= 4 is 17.4 Å². The minimum absolute atomic E-state index is 0.152. The summed E-state index contributed by atoms with van der Waals surface area (Å²) in [6.07, 6.45) is 0. The first-order valence-electron chi connectivity index (χ1n) is 10.8. The van der Waals surface area contributed by atoms with E-state index in [0.29, 0.717) is 22.6 Å². The quantitative estimate of drug-likeness (QED) is 0.530. The SMILES string of the molecule is O=C(COc1ccc(C(=O)c2ccc(F)cc2)cc1)Nc1ccc(CN2CCOCC2)cc1. The first-order valence-corrected chi connectivity index (χ1v) is 10.8. The molecule has 7 heteroatoms. The van der Waals surface area contributed by atoms with Gasteiger partial charge in [0.1, 0.15) is 11.6 Å². The van der Waals surface area contributed by atoms with E-state index in [-0.39, 0.29) is 18.3 Å². The van der Waals surface area contributed by atoms with Crippen molar-refractivity contribution in [1.82, 2.24) is 4.90 Å². The molecule has 1 fully saturated rings. The fourth-order valence-corrected chi connectivity index (χ4v) is 3.53. The highest BCUT2D eigenvalue weighted by atomic mass is 19.1. The number of rotatable bonds is 8. The Kier molecular flexibility index (Phi) is 7.44. The van der Waals surface area contributed by atoms with Gasteiger partial charge < -0.3 is 14.8 Å². The minimum Gasteiger partial charge on any atom is -0.484 e. The van der Waals surface area contributed by atoms with Gasteiger partial charge in [0, 0.05) is 36.4 Å². The summed E-state index contributed by atoms with van der Waals surface area (Å²) in [5.41, 5.74) is 2.74. The van der Waals surface area contributed by atoms with E-state index < -0.39 is 5.82 Å². The van der Waals surface area contributed by atoms with E-state index in [0.717, 1.165) is 32.8 Å². The number of carbonyl (C=O) groups is 2. The van der Waals surface area contributed by atoms with Crippen LogP contribution in [0, 0.1) is 5.82 Å². The second-order valence-corrected chi connectivity index (χ2v) is 7.78. The second-order valence-electron chi connectivity index (χ2n) is 7.78. The maximum atomic E-state index is 13.0.